The van der Waals surface area contributed by atoms with E-state index in [0.717, 1.165) is 34.7 Å². The van der Waals surface area contributed by atoms with Gasteiger partial charge in [0.1, 0.15) is 11.5 Å². The van der Waals surface area contributed by atoms with Crippen LogP contribution in [0.15, 0.2) is 48.7 Å². The maximum Gasteiger partial charge on any atom is 0.161 e. The number of hydrogen-bond donors (Lipinski definition) is 1. The van der Waals surface area contributed by atoms with Crippen molar-refractivity contribution in [2.45, 2.75) is 32.9 Å². The highest BCUT2D eigenvalue weighted by Crippen LogP contribution is 2.32. The molecule has 28 heavy (non-hydrogen) atoms. The van der Waals surface area contributed by atoms with Gasteiger partial charge >= 0.3 is 0 Å². The Morgan fingerprint density at radius 1 is 1.14 bits per heavy atom. The third-order valence-corrected chi connectivity index (χ3v) is 4.97. The highest BCUT2D eigenvalue weighted by molar-refractivity contribution is 5.44. The van der Waals surface area contributed by atoms with E-state index in [0.29, 0.717) is 25.4 Å². The molecule has 0 radical (unpaired) electrons. The summed E-state index contributed by atoms with van der Waals surface area (Å²) >= 11 is 0. The Balaban J connectivity index is 1.46. The van der Waals surface area contributed by atoms with E-state index in [2.05, 4.69) is 23.4 Å². The van der Waals surface area contributed by atoms with Crippen molar-refractivity contribution in [1.29, 1.82) is 0 Å². The van der Waals surface area contributed by atoms with Crippen LogP contribution in [0, 0.1) is 12.7 Å². The fourth-order valence-corrected chi connectivity index (χ4v) is 3.26. The van der Waals surface area contributed by atoms with Gasteiger partial charge in [-0.25, -0.2) is 9.07 Å². The van der Waals surface area contributed by atoms with Crippen molar-refractivity contribution in [3.05, 3.63) is 71.3 Å². The van der Waals surface area contributed by atoms with Crippen LogP contribution in [0.5, 0.6) is 11.5 Å². The van der Waals surface area contributed by atoms with Crippen molar-refractivity contribution in [1.82, 2.24) is 15.1 Å². The molecule has 1 atom stereocenters. The number of nitrogens with one attached hydrogen (secondary N) is 1. The Hall–Kier alpha value is -2.86. The average Bonchev–Trinajstić information content (AvgIpc) is 2.91. The van der Waals surface area contributed by atoms with Crippen molar-refractivity contribution >= 4 is 0 Å². The van der Waals surface area contributed by atoms with E-state index in [1.54, 1.807) is 22.9 Å². The summed E-state index contributed by atoms with van der Waals surface area (Å²) in [5, 5.41) is 7.98. The van der Waals surface area contributed by atoms with Crippen molar-refractivity contribution in [3.63, 3.8) is 0 Å². The van der Waals surface area contributed by atoms with Crippen LogP contribution in [0.3, 0.4) is 0 Å². The standard InChI is InChI=1S/C22H24FN3O2/c1-15(17-8-9-21-22(12-17)28-11-5-10-27-21)24-13-18-14-26(25-16(18)2)20-7-4-3-6-19(20)23/h3-4,6-9,12,14-15,24H,5,10-11,13H2,1-2H3. The average molecular weight is 381 g/mol. The molecule has 0 saturated heterocycles. The molecule has 2 aromatic carbocycles. The Labute approximate surface area is 164 Å². The molecule has 5 nitrogen and oxygen atoms in total. The van der Waals surface area contributed by atoms with E-state index in [-0.39, 0.29) is 11.9 Å². The van der Waals surface area contributed by atoms with Gasteiger partial charge in [-0.1, -0.05) is 18.2 Å². The number of hydrogen-bond acceptors (Lipinski definition) is 4. The number of nitrogens with zero attached hydrogens (tertiary/aromatic N) is 2. The Morgan fingerprint density at radius 3 is 2.75 bits per heavy atom. The molecular weight excluding hydrogens is 357 g/mol. The molecule has 2 heterocycles. The van der Waals surface area contributed by atoms with Gasteiger partial charge in [-0.05, 0) is 43.7 Å². The Kier molecular flexibility index (Phi) is 5.30. The summed E-state index contributed by atoms with van der Waals surface area (Å²) < 4.78 is 27.1. The molecule has 0 bridgehead atoms. The minimum absolute atomic E-state index is 0.119. The number of para-hydroxylation sites is 1. The second-order valence-electron chi connectivity index (χ2n) is 6.99. The Morgan fingerprint density at radius 2 is 1.93 bits per heavy atom. The normalized spacial score (nSPS) is 14.5. The van der Waals surface area contributed by atoms with Gasteiger partial charge in [-0.2, -0.15) is 5.10 Å². The van der Waals surface area contributed by atoms with Crippen molar-refractivity contribution < 1.29 is 13.9 Å². The zero-order valence-corrected chi connectivity index (χ0v) is 16.1. The highest BCUT2D eigenvalue weighted by atomic mass is 19.1. The molecule has 0 saturated carbocycles. The summed E-state index contributed by atoms with van der Waals surface area (Å²) in [7, 11) is 0. The maximum absolute atomic E-state index is 14.0. The number of halogens is 1. The molecule has 146 valence electrons. The largest absolute Gasteiger partial charge is 0.490 e. The SMILES string of the molecule is Cc1nn(-c2ccccc2F)cc1CNC(C)c1ccc2c(c1)OCCCO2. The maximum atomic E-state index is 14.0. The number of benzene rings is 2. The molecular formula is C22H24FN3O2. The molecule has 6 heteroatoms. The minimum Gasteiger partial charge on any atom is -0.490 e. The van der Waals surface area contributed by atoms with Crippen molar-refractivity contribution in [2.24, 2.45) is 0 Å². The van der Waals surface area contributed by atoms with E-state index >= 15 is 0 Å². The predicted octanol–water partition coefficient (Wildman–Crippen LogP) is 4.33. The molecule has 0 aliphatic carbocycles. The van der Waals surface area contributed by atoms with E-state index in [1.165, 1.54) is 6.07 Å². The zero-order valence-electron chi connectivity index (χ0n) is 16.1. The minimum atomic E-state index is -0.287. The monoisotopic (exact) mass is 381 g/mol. The molecule has 1 unspecified atom stereocenters. The summed E-state index contributed by atoms with van der Waals surface area (Å²) in [6, 6.07) is 12.8. The van der Waals surface area contributed by atoms with Crippen LogP contribution in [-0.4, -0.2) is 23.0 Å². The van der Waals surface area contributed by atoms with Crippen LogP contribution in [-0.2, 0) is 6.54 Å². The number of fused-ring (bicyclic) bond motifs is 1. The molecule has 0 spiro atoms. The van der Waals surface area contributed by atoms with Crippen molar-refractivity contribution in [3.8, 4) is 17.2 Å². The Bertz CT molecular complexity index is 970. The second-order valence-corrected chi connectivity index (χ2v) is 6.99. The number of aromatic nitrogens is 2. The van der Waals surface area contributed by atoms with Gasteiger partial charge in [0.25, 0.3) is 0 Å². The van der Waals surface area contributed by atoms with Crippen molar-refractivity contribution in [2.75, 3.05) is 13.2 Å². The van der Waals surface area contributed by atoms with Gasteiger partial charge in [-0.15, -0.1) is 0 Å². The van der Waals surface area contributed by atoms with Crippen LogP contribution < -0.4 is 14.8 Å². The molecule has 3 aromatic rings. The lowest BCUT2D eigenvalue weighted by Gasteiger charge is -2.16. The first-order valence-corrected chi connectivity index (χ1v) is 9.55. The summed E-state index contributed by atoms with van der Waals surface area (Å²) in [6.07, 6.45) is 2.77. The third kappa shape index (κ3) is 3.87. The fourth-order valence-electron chi connectivity index (χ4n) is 3.26. The van der Waals surface area contributed by atoms with Gasteiger partial charge in [0, 0.05) is 30.8 Å². The van der Waals surface area contributed by atoms with Crippen LogP contribution in [0.1, 0.15) is 36.2 Å². The quantitative estimate of drug-likeness (QED) is 0.715. The second kappa shape index (κ2) is 8.02. The molecule has 1 aliphatic heterocycles. The van der Waals surface area contributed by atoms with E-state index in [4.69, 9.17) is 9.47 Å². The lowest BCUT2D eigenvalue weighted by atomic mass is 10.1. The number of rotatable bonds is 5. The smallest absolute Gasteiger partial charge is 0.161 e. The zero-order chi connectivity index (χ0) is 19.5. The first-order chi connectivity index (χ1) is 13.6. The van der Waals surface area contributed by atoms with Crippen LogP contribution in [0.25, 0.3) is 5.69 Å². The van der Waals surface area contributed by atoms with Gasteiger partial charge in [0.05, 0.1) is 18.9 Å². The molecule has 1 aliphatic rings. The van der Waals surface area contributed by atoms with Gasteiger partial charge < -0.3 is 14.8 Å². The molecule has 0 fully saturated rings. The molecule has 0 amide bonds. The van der Waals surface area contributed by atoms with E-state index in [1.807, 2.05) is 25.3 Å². The first-order valence-electron chi connectivity index (χ1n) is 9.55. The van der Waals surface area contributed by atoms with E-state index < -0.39 is 0 Å². The van der Waals surface area contributed by atoms with Gasteiger partial charge in [0.15, 0.2) is 11.5 Å². The predicted molar refractivity (Wildman–Crippen MR) is 106 cm³/mol. The van der Waals surface area contributed by atoms with Crippen LogP contribution in [0.2, 0.25) is 0 Å². The van der Waals surface area contributed by atoms with Gasteiger partial charge in [-0.3, -0.25) is 0 Å². The first kappa shape index (κ1) is 18.5. The van der Waals surface area contributed by atoms with E-state index in [9.17, 15) is 4.39 Å². The molecule has 4 rings (SSSR count). The lowest BCUT2D eigenvalue weighted by molar-refractivity contribution is 0.297. The summed E-state index contributed by atoms with van der Waals surface area (Å²) in [4.78, 5) is 0. The molecule has 1 aromatic heterocycles. The summed E-state index contributed by atoms with van der Waals surface area (Å²) in [5.41, 5.74) is 3.49. The van der Waals surface area contributed by atoms with Gasteiger partial charge in [0.2, 0.25) is 0 Å². The highest BCUT2D eigenvalue weighted by Gasteiger charge is 2.15. The fraction of sp³-hybridized carbons (Fsp3) is 0.318. The number of ether oxygens (including phenoxy) is 2. The van der Waals surface area contributed by atoms with Crippen LogP contribution >= 0.6 is 0 Å². The topological polar surface area (TPSA) is 48.3 Å². The number of aryl methyl sites for hydroxylation is 1. The van der Waals surface area contributed by atoms with Crippen LogP contribution in [0.4, 0.5) is 4.39 Å². The lowest BCUT2D eigenvalue weighted by Crippen LogP contribution is -2.18. The summed E-state index contributed by atoms with van der Waals surface area (Å²) in [5.74, 6) is 1.31. The third-order valence-electron chi connectivity index (χ3n) is 4.97. The summed E-state index contributed by atoms with van der Waals surface area (Å²) in [6.45, 7) is 6.04. The molecule has 1 N–H and O–H groups in total.